The van der Waals surface area contributed by atoms with Gasteiger partial charge in [0.05, 0.1) is 13.2 Å². The Bertz CT molecular complexity index is 997. The maximum Gasteiger partial charge on any atom is 0.173 e. The molecule has 0 spiro atoms. The molecule has 0 radical (unpaired) electrons. The van der Waals surface area contributed by atoms with E-state index in [1.807, 2.05) is 45.3 Å². The van der Waals surface area contributed by atoms with Gasteiger partial charge in [-0.3, -0.25) is 0 Å². The van der Waals surface area contributed by atoms with E-state index in [1.165, 1.54) is 0 Å². The van der Waals surface area contributed by atoms with Crippen LogP contribution in [0.15, 0.2) is 47.6 Å². The van der Waals surface area contributed by atoms with Gasteiger partial charge in [0.15, 0.2) is 17.7 Å². The fourth-order valence-electron chi connectivity index (χ4n) is 3.30. The molecule has 154 valence electrons. The molecule has 7 heteroatoms. The lowest BCUT2D eigenvalue weighted by Gasteiger charge is -2.14. The van der Waals surface area contributed by atoms with Crippen molar-refractivity contribution in [2.45, 2.75) is 26.6 Å². The smallest absolute Gasteiger partial charge is 0.173 e. The molecule has 1 unspecified atom stereocenters. The number of H-pyrrole nitrogens is 1. The molecule has 2 aromatic carbocycles. The van der Waals surface area contributed by atoms with Crippen LogP contribution in [0.25, 0.3) is 10.9 Å². The van der Waals surface area contributed by atoms with E-state index < -0.39 is 6.23 Å². The van der Waals surface area contributed by atoms with Gasteiger partial charge in [-0.2, -0.15) is 0 Å². The summed E-state index contributed by atoms with van der Waals surface area (Å²) in [5.41, 5.74) is 9.72. The van der Waals surface area contributed by atoms with Crippen molar-refractivity contribution in [1.29, 1.82) is 0 Å². The number of fused-ring (bicyclic) bond motifs is 1. The Morgan fingerprint density at radius 2 is 1.93 bits per heavy atom. The SMILES string of the molecule is CCOc1ccc(C(O)/N=C(\N)c2cccc3[nH]cc(CNC)c23)cc1OCC. The summed E-state index contributed by atoms with van der Waals surface area (Å²) in [4.78, 5) is 7.59. The molecule has 0 aliphatic rings. The summed E-state index contributed by atoms with van der Waals surface area (Å²) >= 11 is 0. The van der Waals surface area contributed by atoms with Crippen LogP contribution in [0.4, 0.5) is 0 Å². The van der Waals surface area contributed by atoms with Crippen LogP contribution in [0.3, 0.4) is 0 Å². The summed E-state index contributed by atoms with van der Waals surface area (Å²) in [6.07, 6.45) is 0.835. The Balaban J connectivity index is 1.95. The van der Waals surface area contributed by atoms with Crippen LogP contribution >= 0.6 is 0 Å². The van der Waals surface area contributed by atoms with Gasteiger partial charge in [-0.05, 0) is 44.7 Å². The van der Waals surface area contributed by atoms with E-state index in [4.69, 9.17) is 15.2 Å². The highest BCUT2D eigenvalue weighted by Gasteiger charge is 2.15. The zero-order chi connectivity index (χ0) is 20.8. The second kappa shape index (κ2) is 9.45. The van der Waals surface area contributed by atoms with Crippen molar-refractivity contribution >= 4 is 16.7 Å². The van der Waals surface area contributed by atoms with Gasteiger partial charge in [0.25, 0.3) is 0 Å². The van der Waals surface area contributed by atoms with Gasteiger partial charge in [-0.25, -0.2) is 4.99 Å². The van der Waals surface area contributed by atoms with Crippen molar-refractivity contribution in [3.8, 4) is 11.5 Å². The summed E-state index contributed by atoms with van der Waals surface area (Å²) in [5, 5.41) is 14.8. The average Bonchev–Trinajstić information content (AvgIpc) is 3.13. The Morgan fingerprint density at radius 1 is 1.17 bits per heavy atom. The number of hydrogen-bond acceptors (Lipinski definition) is 5. The normalized spacial score (nSPS) is 12.9. The van der Waals surface area contributed by atoms with Crippen LogP contribution in [0.1, 0.15) is 36.8 Å². The van der Waals surface area contributed by atoms with Crippen LogP contribution < -0.4 is 20.5 Å². The quantitative estimate of drug-likeness (QED) is 0.329. The van der Waals surface area contributed by atoms with Crippen molar-refractivity contribution in [3.05, 3.63) is 59.3 Å². The molecule has 1 aromatic heterocycles. The van der Waals surface area contributed by atoms with E-state index in [0.29, 0.717) is 36.8 Å². The maximum atomic E-state index is 10.7. The summed E-state index contributed by atoms with van der Waals surface area (Å²) in [5.74, 6) is 1.48. The minimum atomic E-state index is -1.12. The van der Waals surface area contributed by atoms with Gasteiger partial charge < -0.3 is 30.6 Å². The minimum absolute atomic E-state index is 0.270. The average molecular weight is 396 g/mol. The Hall–Kier alpha value is -3.03. The maximum absolute atomic E-state index is 10.7. The number of aliphatic hydroxyl groups is 1. The van der Waals surface area contributed by atoms with Crippen molar-refractivity contribution < 1.29 is 14.6 Å². The molecule has 3 rings (SSSR count). The molecule has 29 heavy (non-hydrogen) atoms. The van der Waals surface area contributed by atoms with E-state index in [9.17, 15) is 5.11 Å². The number of rotatable bonds is 9. The first-order valence-electron chi connectivity index (χ1n) is 9.73. The van der Waals surface area contributed by atoms with Gasteiger partial charge >= 0.3 is 0 Å². The van der Waals surface area contributed by atoms with E-state index in [-0.39, 0.29) is 5.84 Å². The molecule has 1 atom stereocenters. The number of nitrogens with zero attached hydrogens (tertiary/aromatic N) is 1. The fraction of sp³-hybridized carbons (Fsp3) is 0.318. The van der Waals surface area contributed by atoms with Crippen molar-refractivity contribution in [2.75, 3.05) is 20.3 Å². The predicted molar refractivity (Wildman–Crippen MR) is 116 cm³/mol. The van der Waals surface area contributed by atoms with E-state index >= 15 is 0 Å². The van der Waals surface area contributed by atoms with Crippen molar-refractivity contribution in [1.82, 2.24) is 10.3 Å². The van der Waals surface area contributed by atoms with Crippen molar-refractivity contribution in [2.24, 2.45) is 10.7 Å². The van der Waals surface area contributed by atoms with Gasteiger partial charge in [-0.15, -0.1) is 0 Å². The molecule has 0 aliphatic heterocycles. The molecule has 5 N–H and O–H groups in total. The molecule has 0 bridgehead atoms. The number of nitrogens with two attached hydrogens (primary N) is 1. The fourth-order valence-corrected chi connectivity index (χ4v) is 3.30. The summed E-state index contributed by atoms with van der Waals surface area (Å²) in [6, 6.07) is 11.1. The molecule has 0 aliphatic carbocycles. The largest absolute Gasteiger partial charge is 0.490 e. The van der Waals surface area contributed by atoms with Gasteiger partial charge in [0.1, 0.15) is 5.84 Å². The first-order valence-corrected chi connectivity index (χ1v) is 9.73. The van der Waals surface area contributed by atoms with Crippen molar-refractivity contribution in [3.63, 3.8) is 0 Å². The van der Waals surface area contributed by atoms with Crippen LogP contribution in [0.5, 0.6) is 11.5 Å². The topological polar surface area (TPSA) is 105 Å². The third-order valence-electron chi connectivity index (χ3n) is 4.56. The standard InChI is InChI=1S/C22H28N4O3/c1-4-28-18-10-9-14(11-19(18)29-5-2)22(27)26-21(23)16-7-6-8-17-20(16)15(12-24-3)13-25-17/h6-11,13,22,24-25,27H,4-5,12H2,1-3H3,(H2,23,26). The van der Waals surface area contributed by atoms with Gasteiger partial charge in [0, 0.05) is 34.8 Å². The molecule has 0 saturated carbocycles. The first-order chi connectivity index (χ1) is 14.1. The summed E-state index contributed by atoms with van der Waals surface area (Å²) < 4.78 is 11.2. The lowest BCUT2D eigenvalue weighted by Crippen LogP contribution is -2.16. The molecule has 3 aromatic rings. The predicted octanol–water partition coefficient (Wildman–Crippen LogP) is 3.08. The lowest BCUT2D eigenvalue weighted by molar-refractivity contribution is 0.187. The van der Waals surface area contributed by atoms with E-state index in [2.05, 4.69) is 15.3 Å². The van der Waals surface area contributed by atoms with Gasteiger partial charge in [0.2, 0.25) is 0 Å². The number of benzene rings is 2. The van der Waals surface area contributed by atoms with Crippen LogP contribution in [-0.4, -0.2) is 36.2 Å². The third-order valence-corrected chi connectivity index (χ3v) is 4.56. The molecule has 7 nitrogen and oxygen atoms in total. The first kappa shape index (κ1) is 20.7. The zero-order valence-corrected chi connectivity index (χ0v) is 17.0. The molecule has 0 fully saturated rings. The summed E-state index contributed by atoms with van der Waals surface area (Å²) in [6.45, 7) is 5.53. The Labute approximate surface area is 170 Å². The summed E-state index contributed by atoms with van der Waals surface area (Å²) in [7, 11) is 1.89. The molecule has 1 heterocycles. The van der Waals surface area contributed by atoms with Crippen LogP contribution in [-0.2, 0) is 6.54 Å². The highest BCUT2D eigenvalue weighted by molar-refractivity contribution is 6.09. The second-order valence-corrected chi connectivity index (χ2v) is 6.53. The number of amidine groups is 1. The Morgan fingerprint density at radius 3 is 2.66 bits per heavy atom. The van der Waals surface area contributed by atoms with E-state index in [0.717, 1.165) is 22.0 Å². The minimum Gasteiger partial charge on any atom is -0.490 e. The number of nitrogens with one attached hydrogen (secondary N) is 2. The number of hydrogen-bond donors (Lipinski definition) is 4. The number of aromatic nitrogens is 1. The molecular formula is C22H28N4O3. The Kier molecular flexibility index (Phi) is 6.74. The molecule has 0 saturated heterocycles. The second-order valence-electron chi connectivity index (χ2n) is 6.53. The monoisotopic (exact) mass is 396 g/mol. The zero-order valence-electron chi connectivity index (χ0n) is 17.0. The number of ether oxygens (including phenoxy) is 2. The highest BCUT2D eigenvalue weighted by atomic mass is 16.5. The van der Waals surface area contributed by atoms with Crippen LogP contribution in [0.2, 0.25) is 0 Å². The molecular weight excluding hydrogens is 368 g/mol. The number of aromatic amines is 1. The van der Waals surface area contributed by atoms with E-state index in [1.54, 1.807) is 18.2 Å². The number of aliphatic imine (C=N–C) groups is 1. The van der Waals surface area contributed by atoms with Gasteiger partial charge in [-0.1, -0.05) is 18.2 Å². The lowest BCUT2D eigenvalue weighted by atomic mass is 10.1. The number of aliphatic hydroxyl groups excluding tert-OH is 1. The molecule has 0 amide bonds. The third kappa shape index (κ3) is 4.52. The highest BCUT2D eigenvalue weighted by Crippen LogP contribution is 2.31. The van der Waals surface area contributed by atoms with Crippen LogP contribution in [0, 0.1) is 0 Å².